The van der Waals surface area contributed by atoms with E-state index in [0.717, 1.165) is 6.54 Å². The highest BCUT2D eigenvalue weighted by Crippen LogP contribution is 2.18. The molecule has 2 atom stereocenters. The SMILES string of the molecule is CCCNC1C[C@H](C)O[C@@H](C)C1. The quantitative estimate of drug-likeness (QED) is 0.700. The van der Waals surface area contributed by atoms with Crippen molar-refractivity contribution in [3.05, 3.63) is 0 Å². The van der Waals surface area contributed by atoms with Crippen LogP contribution in [0.2, 0.25) is 0 Å². The van der Waals surface area contributed by atoms with Gasteiger partial charge in [0.05, 0.1) is 12.2 Å². The van der Waals surface area contributed by atoms with Crippen LogP contribution in [0, 0.1) is 0 Å². The van der Waals surface area contributed by atoms with Crippen molar-refractivity contribution in [2.24, 2.45) is 0 Å². The molecule has 0 spiro atoms. The monoisotopic (exact) mass is 171 g/mol. The van der Waals surface area contributed by atoms with Crippen LogP contribution in [0.5, 0.6) is 0 Å². The Bertz CT molecular complexity index is 117. The maximum atomic E-state index is 5.66. The van der Waals surface area contributed by atoms with Gasteiger partial charge in [0.25, 0.3) is 0 Å². The first-order valence-corrected chi connectivity index (χ1v) is 5.11. The number of ether oxygens (including phenoxy) is 1. The van der Waals surface area contributed by atoms with Crippen molar-refractivity contribution in [2.75, 3.05) is 6.54 Å². The minimum atomic E-state index is 0.433. The van der Waals surface area contributed by atoms with Crippen LogP contribution in [0.25, 0.3) is 0 Å². The molecule has 2 heteroatoms. The van der Waals surface area contributed by atoms with Crippen LogP contribution in [-0.4, -0.2) is 24.8 Å². The van der Waals surface area contributed by atoms with E-state index in [-0.39, 0.29) is 0 Å². The lowest BCUT2D eigenvalue weighted by molar-refractivity contribution is -0.0419. The number of hydrogen-bond acceptors (Lipinski definition) is 2. The van der Waals surface area contributed by atoms with Crippen LogP contribution >= 0.6 is 0 Å². The van der Waals surface area contributed by atoms with Gasteiger partial charge in [-0.05, 0) is 39.7 Å². The minimum Gasteiger partial charge on any atom is -0.375 e. The van der Waals surface area contributed by atoms with Gasteiger partial charge in [0, 0.05) is 6.04 Å². The highest BCUT2D eigenvalue weighted by Gasteiger charge is 2.23. The first-order chi connectivity index (χ1) is 5.72. The van der Waals surface area contributed by atoms with E-state index in [9.17, 15) is 0 Å². The molecule has 0 aromatic rings. The molecule has 0 radical (unpaired) electrons. The number of hydrogen-bond donors (Lipinski definition) is 1. The molecule has 1 aliphatic rings. The normalized spacial score (nSPS) is 36.8. The second-order valence-electron chi connectivity index (χ2n) is 3.88. The highest BCUT2D eigenvalue weighted by atomic mass is 16.5. The molecule has 1 saturated heterocycles. The Hall–Kier alpha value is -0.0800. The summed E-state index contributed by atoms with van der Waals surface area (Å²) in [6.07, 6.45) is 4.43. The summed E-state index contributed by atoms with van der Waals surface area (Å²) in [5.41, 5.74) is 0. The average Bonchev–Trinajstić information content (AvgIpc) is 1.99. The molecule has 1 aliphatic heterocycles. The van der Waals surface area contributed by atoms with Crippen molar-refractivity contribution in [2.45, 2.75) is 58.3 Å². The van der Waals surface area contributed by atoms with E-state index in [4.69, 9.17) is 4.74 Å². The smallest absolute Gasteiger partial charge is 0.0565 e. The lowest BCUT2D eigenvalue weighted by Gasteiger charge is -2.32. The molecule has 12 heavy (non-hydrogen) atoms. The van der Waals surface area contributed by atoms with Gasteiger partial charge < -0.3 is 10.1 Å². The molecule has 0 unspecified atom stereocenters. The van der Waals surface area contributed by atoms with Gasteiger partial charge in [-0.2, -0.15) is 0 Å². The molecular formula is C10H21NO. The fourth-order valence-corrected chi connectivity index (χ4v) is 1.92. The van der Waals surface area contributed by atoms with E-state index < -0.39 is 0 Å². The van der Waals surface area contributed by atoms with Crippen LogP contribution in [0.1, 0.15) is 40.0 Å². The summed E-state index contributed by atoms with van der Waals surface area (Å²) < 4.78 is 5.66. The van der Waals surface area contributed by atoms with Gasteiger partial charge in [0.1, 0.15) is 0 Å². The maximum Gasteiger partial charge on any atom is 0.0565 e. The molecule has 1 rings (SSSR count). The fraction of sp³-hybridized carbons (Fsp3) is 1.00. The van der Waals surface area contributed by atoms with Crippen LogP contribution in [0.3, 0.4) is 0 Å². The Kier molecular flexibility index (Phi) is 4.02. The van der Waals surface area contributed by atoms with E-state index in [0.29, 0.717) is 18.2 Å². The van der Waals surface area contributed by atoms with E-state index >= 15 is 0 Å². The third kappa shape index (κ3) is 3.11. The molecule has 0 aliphatic carbocycles. The first-order valence-electron chi connectivity index (χ1n) is 5.11. The van der Waals surface area contributed by atoms with E-state index in [1.54, 1.807) is 0 Å². The summed E-state index contributed by atoms with van der Waals surface area (Å²) in [6, 6.07) is 0.684. The van der Waals surface area contributed by atoms with Crippen LogP contribution in [0.15, 0.2) is 0 Å². The van der Waals surface area contributed by atoms with Gasteiger partial charge in [-0.15, -0.1) is 0 Å². The third-order valence-corrected chi connectivity index (χ3v) is 2.38. The van der Waals surface area contributed by atoms with Gasteiger partial charge in [0.15, 0.2) is 0 Å². The lowest BCUT2D eigenvalue weighted by Crippen LogP contribution is -2.41. The predicted molar refractivity (Wildman–Crippen MR) is 51.3 cm³/mol. The Morgan fingerprint density at radius 3 is 2.33 bits per heavy atom. The topological polar surface area (TPSA) is 21.3 Å². The summed E-state index contributed by atoms with van der Waals surface area (Å²) in [4.78, 5) is 0. The average molecular weight is 171 g/mol. The standard InChI is InChI=1S/C10H21NO/c1-4-5-11-10-6-8(2)12-9(3)7-10/h8-11H,4-7H2,1-3H3/t8-,9-/m0/s1. The molecule has 0 amide bonds. The Morgan fingerprint density at radius 1 is 1.25 bits per heavy atom. The van der Waals surface area contributed by atoms with Gasteiger partial charge in [-0.3, -0.25) is 0 Å². The fourth-order valence-electron chi connectivity index (χ4n) is 1.92. The Labute approximate surface area is 75.7 Å². The molecule has 1 heterocycles. The maximum absolute atomic E-state index is 5.66. The van der Waals surface area contributed by atoms with Crippen molar-refractivity contribution >= 4 is 0 Å². The molecule has 0 saturated carbocycles. The Balaban J connectivity index is 2.24. The zero-order valence-corrected chi connectivity index (χ0v) is 8.47. The molecule has 1 N–H and O–H groups in total. The molecule has 0 aromatic carbocycles. The molecule has 0 aromatic heterocycles. The van der Waals surface area contributed by atoms with E-state index in [2.05, 4.69) is 26.1 Å². The third-order valence-electron chi connectivity index (χ3n) is 2.38. The van der Waals surface area contributed by atoms with Crippen molar-refractivity contribution in [3.8, 4) is 0 Å². The van der Waals surface area contributed by atoms with Crippen LogP contribution < -0.4 is 5.32 Å². The van der Waals surface area contributed by atoms with Crippen molar-refractivity contribution in [1.82, 2.24) is 5.32 Å². The zero-order valence-electron chi connectivity index (χ0n) is 8.47. The summed E-state index contributed by atoms with van der Waals surface area (Å²) in [5, 5.41) is 3.55. The number of rotatable bonds is 3. The second-order valence-corrected chi connectivity index (χ2v) is 3.88. The molecular weight excluding hydrogens is 150 g/mol. The highest BCUT2D eigenvalue weighted by molar-refractivity contribution is 4.78. The molecule has 1 fully saturated rings. The Morgan fingerprint density at radius 2 is 1.83 bits per heavy atom. The van der Waals surface area contributed by atoms with Crippen LogP contribution in [0.4, 0.5) is 0 Å². The summed E-state index contributed by atoms with van der Waals surface area (Å²) >= 11 is 0. The molecule has 0 bridgehead atoms. The zero-order chi connectivity index (χ0) is 8.97. The van der Waals surface area contributed by atoms with Crippen LogP contribution in [-0.2, 0) is 4.74 Å². The summed E-state index contributed by atoms with van der Waals surface area (Å²) in [6.45, 7) is 7.68. The van der Waals surface area contributed by atoms with Gasteiger partial charge in [0.2, 0.25) is 0 Å². The predicted octanol–water partition coefficient (Wildman–Crippen LogP) is 1.94. The largest absolute Gasteiger partial charge is 0.375 e. The van der Waals surface area contributed by atoms with Crippen molar-refractivity contribution in [1.29, 1.82) is 0 Å². The summed E-state index contributed by atoms with van der Waals surface area (Å²) in [7, 11) is 0. The summed E-state index contributed by atoms with van der Waals surface area (Å²) in [5.74, 6) is 0. The molecule has 2 nitrogen and oxygen atoms in total. The van der Waals surface area contributed by atoms with E-state index in [1.807, 2.05) is 0 Å². The van der Waals surface area contributed by atoms with Gasteiger partial charge in [-0.25, -0.2) is 0 Å². The van der Waals surface area contributed by atoms with E-state index in [1.165, 1.54) is 19.3 Å². The van der Waals surface area contributed by atoms with Gasteiger partial charge >= 0.3 is 0 Å². The van der Waals surface area contributed by atoms with Crippen molar-refractivity contribution < 1.29 is 4.74 Å². The van der Waals surface area contributed by atoms with Crippen molar-refractivity contribution in [3.63, 3.8) is 0 Å². The minimum absolute atomic E-state index is 0.433. The second kappa shape index (κ2) is 4.83. The number of nitrogens with one attached hydrogen (secondary N) is 1. The first kappa shape index (κ1) is 10.0. The molecule has 72 valence electrons. The van der Waals surface area contributed by atoms with Gasteiger partial charge in [-0.1, -0.05) is 6.92 Å². The lowest BCUT2D eigenvalue weighted by atomic mass is 10.00.